The highest BCUT2D eigenvalue weighted by Crippen LogP contribution is 2.20. The lowest BCUT2D eigenvalue weighted by Crippen LogP contribution is -2.33. The van der Waals surface area contributed by atoms with Crippen molar-refractivity contribution in [3.8, 4) is 0 Å². The normalized spacial score (nSPS) is 13.8. The van der Waals surface area contributed by atoms with E-state index >= 15 is 0 Å². The first-order valence-electron chi connectivity index (χ1n) is 5.73. The molecule has 1 aromatic rings. The van der Waals surface area contributed by atoms with Crippen LogP contribution in [0.1, 0.15) is 39.9 Å². The van der Waals surface area contributed by atoms with Gasteiger partial charge in [-0.05, 0) is 11.8 Å². The average molecular weight is 242 g/mol. The van der Waals surface area contributed by atoms with E-state index in [1.165, 1.54) is 11.5 Å². The van der Waals surface area contributed by atoms with Gasteiger partial charge in [0.05, 0.1) is 0 Å². The largest absolute Gasteiger partial charge is 0.359 e. The van der Waals surface area contributed by atoms with E-state index in [1.54, 1.807) is 0 Å². The molecule has 0 amide bonds. The molecule has 16 heavy (non-hydrogen) atoms. The van der Waals surface area contributed by atoms with Crippen LogP contribution in [0.4, 0.5) is 5.13 Å². The lowest BCUT2D eigenvalue weighted by molar-refractivity contribution is 0.345. The van der Waals surface area contributed by atoms with E-state index in [1.807, 2.05) is 0 Å². The Labute approximate surface area is 102 Å². The molecule has 1 atom stereocenters. The van der Waals surface area contributed by atoms with Crippen LogP contribution in [-0.4, -0.2) is 21.9 Å². The number of rotatable bonds is 5. The standard InChI is InChI=1S/C11H22N4S/c1-5-9-14-10(16-15-9)13-7-8(12)6-11(2,3)4/h8H,5-7,12H2,1-4H3,(H,13,14,15). The highest BCUT2D eigenvalue weighted by atomic mass is 32.1. The summed E-state index contributed by atoms with van der Waals surface area (Å²) in [7, 11) is 0. The van der Waals surface area contributed by atoms with Crippen LogP contribution in [0.3, 0.4) is 0 Å². The van der Waals surface area contributed by atoms with E-state index in [0.29, 0.717) is 0 Å². The van der Waals surface area contributed by atoms with Gasteiger partial charge in [0.15, 0.2) is 0 Å². The van der Waals surface area contributed by atoms with E-state index in [4.69, 9.17) is 5.73 Å². The fourth-order valence-electron chi connectivity index (χ4n) is 1.55. The van der Waals surface area contributed by atoms with Crippen molar-refractivity contribution in [3.63, 3.8) is 0 Å². The fourth-order valence-corrected chi connectivity index (χ4v) is 2.20. The van der Waals surface area contributed by atoms with E-state index in [0.717, 1.165) is 30.3 Å². The van der Waals surface area contributed by atoms with E-state index in [-0.39, 0.29) is 11.5 Å². The first-order valence-corrected chi connectivity index (χ1v) is 6.50. The predicted molar refractivity (Wildman–Crippen MR) is 69.8 cm³/mol. The molecule has 1 rings (SSSR count). The Hall–Kier alpha value is -0.680. The Morgan fingerprint density at radius 2 is 2.12 bits per heavy atom. The van der Waals surface area contributed by atoms with Crippen LogP contribution < -0.4 is 11.1 Å². The van der Waals surface area contributed by atoms with Crippen molar-refractivity contribution < 1.29 is 0 Å². The third kappa shape index (κ3) is 4.90. The van der Waals surface area contributed by atoms with Crippen LogP contribution in [0.15, 0.2) is 0 Å². The van der Waals surface area contributed by atoms with Gasteiger partial charge in [-0.15, -0.1) is 0 Å². The second-order valence-electron chi connectivity index (χ2n) is 5.28. The molecule has 1 aromatic heterocycles. The number of nitrogens with zero attached hydrogens (tertiary/aromatic N) is 2. The van der Waals surface area contributed by atoms with Crippen molar-refractivity contribution >= 4 is 16.7 Å². The van der Waals surface area contributed by atoms with Crippen LogP contribution in [0, 0.1) is 5.41 Å². The molecule has 0 aliphatic rings. The topological polar surface area (TPSA) is 63.8 Å². The van der Waals surface area contributed by atoms with Gasteiger partial charge in [-0.25, -0.2) is 4.98 Å². The molecule has 0 radical (unpaired) electrons. The van der Waals surface area contributed by atoms with E-state index in [9.17, 15) is 0 Å². The number of hydrogen-bond donors (Lipinski definition) is 2. The SMILES string of the molecule is CCc1nsc(NCC(N)CC(C)(C)C)n1. The summed E-state index contributed by atoms with van der Waals surface area (Å²) in [6.07, 6.45) is 1.88. The summed E-state index contributed by atoms with van der Waals surface area (Å²) >= 11 is 1.41. The van der Waals surface area contributed by atoms with Gasteiger partial charge in [-0.1, -0.05) is 27.7 Å². The number of aryl methyl sites for hydroxylation is 1. The van der Waals surface area contributed by atoms with Gasteiger partial charge in [0.1, 0.15) is 5.82 Å². The third-order valence-corrected chi connectivity index (χ3v) is 2.88. The van der Waals surface area contributed by atoms with Crippen molar-refractivity contribution in [2.45, 2.75) is 46.6 Å². The number of anilines is 1. The minimum absolute atomic E-state index is 0.161. The number of nitrogens with one attached hydrogen (secondary N) is 1. The minimum atomic E-state index is 0.161. The molecule has 3 N–H and O–H groups in total. The average Bonchev–Trinajstić information content (AvgIpc) is 2.59. The molecule has 4 nitrogen and oxygen atoms in total. The Morgan fingerprint density at radius 3 is 2.62 bits per heavy atom. The molecule has 5 heteroatoms. The molecule has 0 aliphatic heterocycles. The third-order valence-electron chi connectivity index (χ3n) is 2.17. The zero-order valence-electron chi connectivity index (χ0n) is 10.6. The molecule has 0 bridgehead atoms. The van der Waals surface area contributed by atoms with Gasteiger partial charge in [0.25, 0.3) is 0 Å². The van der Waals surface area contributed by atoms with Gasteiger partial charge < -0.3 is 11.1 Å². The van der Waals surface area contributed by atoms with Crippen LogP contribution in [0.5, 0.6) is 0 Å². The molecule has 92 valence electrons. The summed E-state index contributed by atoms with van der Waals surface area (Å²) in [6.45, 7) is 9.42. The lowest BCUT2D eigenvalue weighted by atomic mass is 9.88. The summed E-state index contributed by atoms with van der Waals surface area (Å²) in [4.78, 5) is 4.34. The Morgan fingerprint density at radius 1 is 1.44 bits per heavy atom. The van der Waals surface area contributed by atoms with Gasteiger partial charge >= 0.3 is 0 Å². The second kappa shape index (κ2) is 5.59. The van der Waals surface area contributed by atoms with E-state index in [2.05, 4.69) is 42.4 Å². The van der Waals surface area contributed by atoms with Crippen molar-refractivity contribution in [3.05, 3.63) is 5.82 Å². The lowest BCUT2D eigenvalue weighted by Gasteiger charge is -2.23. The maximum atomic E-state index is 6.04. The Kier molecular flexibility index (Phi) is 4.68. The van der Waals surface area contributed by atoms with Crippen molar-refractivity contribution in [2.24, 2.45) is 11.1 Å². The van der Waals surface area contributed by atoms with Crippen molar-refractivity contribution in [2.75, 3.05) is 11.9 Å². The quantitative estimate of drug-likeness (QED) is 0.831. The van der Waals surface area contributed by atoms with Gasteiger partial charge in [0.2, 0.25) is 5.13 Å². The van der Waals surface area contributed by atoms with Crippen LogP contribution >= 0.6 is 11.5 Å². The number of aromatic nitrogens is 2. The zero-order valence-corrected chi connectivity index (χ0v) is 11.4. The van der Waals surface area contributed by atoms with Gasteiger partial charge in [-0.2, -0.15) is 4.37 Å². The van der Waals surface area contributed by atoms with Crippen LogP contribution in [0.2, 0.25) is 0 Å². The molecule has 0 spiro atoms. The Bertz CT molecular complexity index is 316. The maximum absolute atomic E-state index is 6.04. The molecule has 1 unspecified atom stereocenters. The maximum Gasteiger partial charge on any atom is 0.202 e. The highest BCUT2D eigenvalue weighted by Gasteiger charge is 2.15. The summed E-state index contributed by atoms with van der Waals surface area (Å²) in [5.74, 6) is 0.900. The molecule has 0 saturated heterocycles. The number of hydrogen-bond acceptors (Lipinski definition) is 5. The summed E-state index contributed by atoms with van der Waals surface area (Å²) in [5, 5.41) is 4.12. The first kappa shape index (κ1) is 13.4. The molecule has 0 aromatic carbocycles. The van der Waals surface area contributed by atoms with Crippen molar-refractivity contribution in [1.29, 1.82) is 0 Å². The fraction of sp³-hybridized carbons (Fsp3) is 0.818. The van der Waals surface area contributed by atoms with Crippen molar-refractivity contribution in [1.82, 2.24) is 9.36 Å². The second-order valence-corrected chi connectivity index (χ2v) is 6.03. The van der Waals surface area contributed by atoms with Crippen LogP contribution in [0.25, 0.3) is 0 Å². The summed E-state index contributed by atoms with van der Waals surface area (Å²) in [6, 6.07) is 0.161. The summed E-state index contributed by atoms with van der Waals surface area (Å²) < 4.78 is 4.21. The smallest absolute Gasteiger partial charge is 0.202 e. The van der Waals surface area contributed by atoms with Gasteiger partial charge in [-0.3, -0.25) is 0 Å². The molecule has 1 heterocycles. The zero-order chi connectivity index (χ0) is 12.2. The predicted octanol–water partition coefficient (Wildman–Crippen LogP) is 2.28. The Balaban J connectivity index is 2.34. The molecule has 0 fully saturated rings. The first-order chi connectivity index (χ1) is 7.40. The molecular weight excluding hydrogens is 220 g/mol. The van der Waals surface area contributed by atoms with E-state index < -0.39 is 0 Å². The molecule has 0 aliphatic carbocycles. The van der Waals surface area contributed by atoms with Crippen LogP contribution in [-0.2, 0) is 6.42 Å². The summed E-state index contributed by atoms with van der Waals surface area (Å²) in [5.41, 5.74) is 6.32. The molecular formula is C11H22N4S. The molecule has 0 saturated carbocycles. The number of nitrogens with two attached hydrogens (primary N) is 1. The van der Waals surface area contributed by atoms with Gasteiger partial charge in [0, 0.05) is 30.5 Å². The monoisotopic (exact) mass is 242 g/mol. The highest BCUT2D eigenvalue weighted by molar-refractivity contribution is 7.09. The minimum Gasteiger partial charge on any atom is -0.359 e.